The van der Waals surface area contributed by atoms with Gasteiger partial charge < -0.3 is 23.7 Å². The van der Waals surface area contributed by atoms with Gasteiger partial charge in [0.2, 0.25) is 0 Å². The van der Waals surface area contributed by atoms with Crippen LogP contribution in [-0.2, 0) is 14.3 Å². The number of hydrogen-bond donors (Lipinski definition) is 0. The van der Waals surface area contributed by atoms with E-state index in [1.807, 2.05) is 0 Å². The van der Waals surface area contributed by atoms with Crippen LogP contribution >= 0.6 is 0 Å². The molecule has 0 N–H and O–H groups in total. The molecular weight excluding hydrogens is 508 g/mol. The predicted octanol–water partition coefficient (Wildman–Crippen LogP) is 7.70. The Hall–Kier alpha value is -3.74. The highest BCUT2D eigenvalue weighted by atomic mass is 16.7. The van der Waals surface area contributed by atoms with Crippen LogP contribution in [0.5, 0.6) is 17.2 Å². The van der Waals surface area contributed by atoms with Crippen molar-refractivity contribution in [3.63, 3.8) is 0 Å². The molecule has 2 aromatic rings. The molecule has 0 unspecified atom stereocenters. The highest BCUT2D eigenvalue weighted by molar-refractivity contribution is 5.91. The van der Waals surface area contributed by atoms with Gasteiger partial charge in [0.05, 0.1) is 12.2 Å². The molecule has 1 atom stereocenters. The Morgan fingerprint density at radius 3 is 2.20 bits per heavy atom. The Morgan fingerprint density at radius 2 is 1.48 bits per heavy atom. The van der Waals surface area contributed by atoms with E-state index in [0.717, 1.165) is 37.9 Å². The average molecular weight is 549 g/mol. The molecule has 0 spiro atoms. The van der Waals surface area contributed by atoms with Crippen molar-refractivity contribution >= 4 is 11.9 Å². The Kier molecular flexibility index (Phi) is 11.5. The van der Waals surface area contributed by atoms with E-state index in [1.165, 1.54) is 50.2 Å². The average Bonchev–Trinajstić information content (AvgIpc) is 3.47. The van der Waals surface area contributed by atoms with Crippen molar-refractivity contribution < 1.29 is 33.3 Å². The van der Waals surface area contributed by atoms with Gasteiger partial charge in [0, 0.05) is 11.6 Å². The van der Waals surface area contributed by atoms with Crippen LogP contribution in [0.25, 0.3) is 0 Å². The topological polar surface area (TPSA) is 80.3 Å². The molecule has 7 nitrogen and oxygen atoms in total. The first-order chi connectivity index (χ1) is 19.6. The summed E-state index contributed by atoms with van der Waals surface area (Å²) < 4.78 is 28.1. The minimum atomic E-state index is -0.522. The van der Waals surface area contributed by atoms with Gasteiger partial charge in [-0.15, -0.1) is 0 Å². The van der Waals surface area contributed by atoms with E-state index in [-0.39, 0.29) is 6.10 Å². The summed E-state index contributed by atoms with van der Waals surface area (Å²) in [4.78, 5) is 24.8. The van der Waals surface area contributed by atoms with Gasteiger partial charge in [0.15, 0.2) is 6.10 Å². The first-order valence-corrected chi connectivity index (χ1v) is 14.6. The lowest BCUT2D eigenvalue weighted by Crippen LogP contribution is -2.10. The summed E-state index contributed by atoms with van der Waals surface area (Å²) in [6.45, 7) is 3.27. The maximum absolute atomic E-state index is 12.5. The molecule has 0 aromatic heterocycles. The van der Waals surface area contributed by atoms with Gasteiger partial charge >= 0.3 is 11.9 Å². The lowest BCUT2D eigenvalue weighted by Gasteiger charge is -2.14. The number of carbonyl (C=O) groups is 2. The van der Waals surface area contributed by atoms with Crippen LogP contribution in [0.3, 0.4) is 0 Å². The molecule has 1 saturated heterocycles. The summed E-state index contributed by atoms with van der Waals surface area (Å²) >= 11 is 0. The maximum Gasteiger partial charge on any atom is 0.343 e. The smallest absolute Gasteiger partial charge is 0.343 e. The quantitative estimate of drug-likeness (QED) is 0.110. The Bertz CT molecular complexity index is 1140. The van der Waals surface area contributed by atoms with Crippen LogP contribution < -0.4 is 14.2 Å². The molecule has 0 amide bonds. The monoisotopic (exact) mass is 548 g/mol. The van der Waals surface area contributed by atoms with E-state index in [1.54, 1.807) is 54.6 Å². The van der Waals surface area contributed by atoms with Crippen molar-refractivity contribution in [3.8, 4) is 17.2 Å². The third-order valence-corrected chi connectivity index (χ3v) is 6.94. The van der Waals surface area contributed by atoms with E-state index >= 15 is 0 Å². The summed E-state index contributed by atoms with van der Waals surface area (Å²) in [5, 5.41) is 0. The second kappa shape index (κ2) is 15.8. The largest absolute Gasteiger partial charge is 0.494 e. The molecule has 214 valence electrons. The second-order valence-corrected chi connectivity index (χ2v) is 10.2. The molecule has 4 rings (SSSR count). The number of benzene rings is 2. The molecule has 1 heterocycles. The van der Waals surface area contributed by atoms with Gasteiger partial charge in [-0.05, 0) is 86.7 Å². The zero-order valence-electron chi connectivity index (χ0n) is 23.4. The third kappa shape index (κ3) is 9.47. The van der Waals surface area contributed by atoms with Crippen LogP contribution in [0, 0.1) is 0 Å². The summed E-state index contributed by atoms with van der Waals surface area (Å²) in [6.07, 6.45) is 15.6. The molecule has 2 aliphatic rings. The molecule has 2 fully saturated rings. The minimum absolute atomic E-state index is 0.306. The van der Waals surface area contributed by atoms with Crippen molar-refractivity contribution in [3.05, 3.63) is 77.8 Å². The van der Waals surface area contributed by atoms with Crippen molar-refractivity contribution in [2.75, 3.05) is 13.2 Å². The number of unbranched alkanes of at least 4 members (excludes halogenated alkanes) is 5. The van der Waals surface area contributed by atoms with Crippen LogP contribution in [0.1, 0.15) is 87.9 Å². The van der Waals surface area contributed by atoms with Gasteiger partial charge in [0.25, 0.3) is 5.95 Å². The third-order valence-electron chi connectivity index (χ3n) is 6.94. The Labute approximate surface area is 237 Å². The number of esters is 2. The number of rotatable bonds is 13. The van der Waals surface area contributed by atoms with Crippen LogP contribution in [0.4, 0.5) is 0 Å². The number of hydrogen-bond acceptors (Lipinski definition) is 7. The number of allylic oxidation sites excluding steroid dienone is 1. The SMILES string of the molecule is CCCCCCCCOc1ccc(C(=O)Oc2ccc(OC(=O)/C=C/[C@H]3COC(=C4CCCCC4)O3)cc2)cc1. The van der Waals surface area contributed by atoms with Crippen molar-refractivity contribution in [2.45, 2.75) is 83.7 Å². The number of ether oxygens (including phenoxy) is 5. The Balaban J connectivity index is 1.17. The fourth-order valence-corrected chi connectivity index (χ4v) is 4.66. The highest BCUT2D eigenvalue weighted by Crippen LogP contribution is 2.30. The van der Waals surface area contributed by atoms with Crippen molar-refractivity contribution in [2.24, 2.45) is 0 Å². The molecule has 1 saturated carbocycles. The van der Waals surface area contributed by atoms with Gasteiger partial charge in [-0.1, -0.05) is 45.4 Å². The van der Waals surface area contributed by atoms with Crippen molar-refractivity contribution in [1.29, 1.82) is 0 Å². The van der Waals surface area contributed by atoms with Crippen LogP contribution in [-0.4, -0.2) is 31.3 Å². The maximum atomic E-state index is 12.5. The lowest BCUT2D eigenvalue weighted by atomic mass is 9.96. The van der Waals surface area contributed by atoms with Crippen LogP contribution in [0.2, 0.25) is 0 Å². The molecule has 1 aliphatic heterocycles. The molecular formula is C33H40O7. The minimum Gasteiger partial charge on any atom is -0.494 e. The van der Waals surface area contributed by atoms with Crippen molar-refractivity contribution in [1.82, 2.24) is 0 Å². The summed E-state index contributed by atoms with van der Waals surface area (Å²) in [7, 11) is 0. The fraction of sp³-hybridized carbons (Fsp3) is 0.455. The van der Waals surface area contributed by atoms with Gasteiger partial charge in [0.1, 0.15) is 23.9 Å². The Morgan fingerprint density at radius 1 is 0.825 bits per heavy atom. The summed E-state index contributed by atoms with van der Waals surface area (Å²) in [5.41, 5.74) is 1.66. The summed E-state index contributed by atoms with van der Waals surface area (Å²) in [5.74, 6) is 1.06. The standard InChI is InChI=1S/C33H40O7/c1-2-3-4-5-6-10-23-36-27-15-13-25(14-16-27)32(35)39-29-19-17-28(18-20-29)38-31(34)22-21-30-24-37-33(40-30)26-11-8-7-9-12-26/h13-22,30H,2-12,23-24H2,1H3/b22-21+/t30-/m0/s1. The van der Waals surface area contributed by atoms with E-state index in [9.17, 15) is 9.59 Å². The van der Waals surface area contributed by atoms with E-state index in [0.29, 0.717) is 36.2 Å². The van der Waals surface area contributed by atoms with Gasteiger partial charge in [-0.3, -0.25) is 0 Å². The molecule has 0 radical (unpaired) electrons. The van der Waals surface area contributed by atoms with Crippen LogP contribution in [0.15, 0.2) is 72.2 Å². The zero-order valence-corrected chi connectivity index (χ0v) is 23.4. The van der Waals surface area contributed by atoms with E-state index < -0.39 is 11.9 Å². The molecule has 7 heteroatoms. The summed E-state index contributed by atoms with van der Waals surface area (Å²) in [6, 6.07) is 13.3. The molecule has 0 bridgehead atoms. The van der Waals surface area contributed by atoms with E-state index in [2.05, 4.69) is 6.92 Å². The van der Waals surface area contributed by atoms with Gasteiger partial charge in [-0.25, -0.2) is 9.59 Å². The highest BCUT2D eigenvalue weighted by Gasteiger charge is 2.24. The first kappa shape index (κ1) is 29.2. The lowest BCUT2D eigenvalue weighted by molar-refractivity contribution is -0.129. The normalized spacial score (nSPS) is 16.9. The molecule has 40 heavy (non-hydrogen) atoms. The predicted molar refractivity (Wildman–Crippen MR) is 152 cm³/mol. The number of carbonyl (C=O) groups excluding carboxylic acids is 2. The second-order valence-electron chi connectivity index (χ2n) is 10.2. The van der Waals surface area contributed by atoms with Gasteiger partial charge in [-0.2, -0.15) is 0 Å². The molecule has 2 aromatic carbocycles. The first-order valence-electron chi connectivity index (χ1n) is 14.6. The van der Waals surface area contributed by atoms with E-state index in [4.69, 9.17) is 23.7 Å². The molecule has 1 aliphatic carbocycles. The zero-order chi connectivity index (χ0) is 28.0. The fourth-order valence-electron chi connectivity index (χ4n) is 4.66.